The van der Waals surface area contributed by atoms with E-state index in [9.17, 15) is 4.39 Å². The van der Waals surface area contributed by atoms with E-state index in [1.54, 1.807) is 12.1 Å². The molecule has 4 heteroatoms. The third kappa shape index (κ3) is 3.14. The molecule has 26 heavy (non-hydrogen) atoms. The molecule has 3 aromatic rings. The van der Waals surface area contributed by atoms with E-state index in [2.05, 4.69) is 47.0 Å². The Hall–Kier alpha value is -2.20. The van der Waals surface area contributed by atoms with Crippen LogP contribution >= 0.6 is 0 Å². The van der Waals surface area contributed by atoms with Crippen LogP contribution in [0.2, 0.25) is 0 Å². The number of nitrogens with one attached hydrogen (secondary N) is 1. The van der Waals surface area contributed by atoms with Gasteiger partial charge in [-0.3, -0.25) is 9.88 Å². The number of hydrogen-bond donors (Lipinski definition) is 1. The van der Waals surface area contributed by atoms with E-state index in [4.69, 9.17) is 0 Å². The molecule has 1 N–H and O–H groups in total. The molecule has 0 spiro atoms. The van der Waals surface area contributed by atoms with Gasteiger partial charge in [0.1, 0.15) is 5.82 Å². The second-order valence-electron chi connectivity index (χ2n) is 7.51. The summed E-state index contributed by atoms with van der Waals surface area (Å²) in [6.07, 6.45) is 6.33. The van der Waals surface area contributed by atoms with Crippen molar-refractivity contribution in [3.63, 3.8) is 0 Å². The van der Waals surface area contributed by atoms with Crippen LogP contribution in [0.15, 0.2) is 48.8 Å². The van der Waals surface area contributed by atoms with Crippen molar-refractivity contribution in [2.75, 3.05) is 6.54 Å². The summed E-state index contributed by atoms with van der Waals surface area (Å²) in [4.78, 5) is 10.4. The van der Waals surface area contributed by atoms with Gasteiger partial charge in [0.2, 0.25) is 0 Å². The standard InChI is InChI=1S/C22H26FN3/c1-3-6-22-15(2)20(14-26(22)13-17-7-4-5-10-24-17)19-12-25-21-11-16(23)8-9-18(19)21/h4-5,7-12,15,20,22,25H,3,6,13-14H2,1-2H3/t15-,20+,22-/m1/s1. The summed E-state index contributed by atoms with van der Waals surface area (Å²) in [5.74, 6) is 0.822. The molecule has 1 fully saturated rings. The Labute approximate surface area is 154 Å². The number of pyridine rings is 1. The summed E-state index contributed by atoms with van der Waals surface area (Å²) in [5, 5.41) is 1.15. The zero-order valence-electron chi connectivity index (χ0n) is 15.5. The Morgan fingerprint density at radius 1 is 1.27 bits per heavy atom. The molecule has 1 aromatic carbocycles. The molecule has 0 radical (unpaired) electrons. The number of rotatable bonds is 5. The smallest absolute Gasteiger partial charge is 0.125 e. The SMILES string of the molecule is CCC[C@@H]1[C@H](C)[C@@H](c2c[nH]c3cc(F)ccc23)CN1Cc1ccccn1. The van der Waals surface area contributed by atoms with E-state index in [-0.39, 0.29) is 5.82 Å². The average molecular weight is 351 g/mol. The minimum absolute atomic E-state index is 0.189. The summed E-state index contributed by atoms with van der Waals surface area (Å²) in [5.41, 5.74) is 3.34. The number of benzene rings is 1. The molecule has 3 atom stereocenters. The third-order valence-corrected chi connectivity index (χ3v) is 5.89. The molecule has 1 aliphatic rings. The van der Waals surface area contributed by atoms with Crippen molar-refractivity contribution in [1.82, 2.24) is 14.9 Å². The zero-order chi connectivity index (χ0) is 18.1. The first-order chi connectivity index (χ1) is 12.7. The molecular formula is C22H26FN3. The normalized spacial score (nSPS) is 23.7. The summed E-state index contributed by atoms with van der Waals surface area (Å²) < 4.78 is 13.5. The van der Waals surface area contributed by atoms with Crippen molar-refractivity contribution in [3.8, 4) is 0 Å². The van der Waals surface area contributed by atoms with Crippen LogP contribution in [0, 0.1) is 11.7 Å². The number of H-pyrrole nitrogens is 1. The lowest BCUT2D eigenvalue weighted by Crippen LogP contribution is -2.31. The molecule has 0 saturated carbocycles. The van der Waals surface area contributed by atoms with Crippen LogP contribution in [0.5, 0.6) is 0 Å². The monoisotopic (exact) mass is 351 g/mol. The number of hydrogen-bond acceptors (Lipinski definition) is 2. The molecule has 3 nitrogen and oxygen atoms in total. The summed E-state index contributed by atoms with van der Waals surface area (Å²) in [6.45, 7) is 6.54. The molecular weight excluding hydrogens is 325 g/mol. The minimum atomic E-state index is -0.189. The topological polar surface area (TPSA) is 31.9 Å². The Kier molecular flexibility index (Phi) is 4.77. The first kappa shape index (κ1) is 17.2. The van der Waals surface area contributed by atoms with Crippen molar-refractivity contribution in [1.29, 1.82) is 0 Å². The number of aromatic amines is 1. The van der Waals surface area contributed by atoms with Crippen LogP contribution in [-0.4, -0.2) is 27.5 Å². The van der Waals surface area contributed by atoms with Crippen molar-refractivity contribution in [2.45, 2.75) is 45.2 Å². The first-order valence-electron chi connectivity index (χ1n) is 9.58. The van der Waals surface area contributed by atoms with E-state index in [0.717, 1.165) is 29.7 Å². The lowest BCUT2D eigenvalue weighted by Gasteiger charge is -2.26. The lowest BCUT2D eigenvalue weighted by molar-refractivity contribution is 0.208. The predicted molar refractivity (Wildman–Crippen MR) is 104 cm³/mol. The number of likely N-dealkylation sites (tertiary alicyclic amines) is 1. The zero-order valence-corrected chi connectivity index (χ0v) is 15.5. The predicted octanol–water partition coefficient (Wildman–Crippen LogP) is 5.11. The number of nitrogens with zero attached hydrogens (tertiary/aromatic N) is 2. The van der Waals surface area contributed by atoms with Crippen LogP contribution < -0.4 is 0 Å². The van der Waals surface area contributed by atoms with Crippen molar-refractivity contribution >= 4 is 10.9 Å². The van der Waals surface area contributed by atoms with Crippen LogP contribution in [0.25, 0.3) is 10.9 Å². The summed E-state index contributed by atoms with van der Waals surface area (Å²) in [7, 11) is 0. The van der Waals surface area contributed by atoms with Gasteiger partial charge in [-0.2, -0.15) is 0 Å². The van der Waals surface area contributed by atoms with Crippen LogP contribution in [0.1, 0.15) is 43.9 Å². The Balaban J connectivity index is 1.64. The maximum atomic E-state index is 13.5. The maximum Gasteiger partial charge on any atom is 0.125 e. The van der Waals surface area contributed by atoms with Crippen LogP contribution in [-0.2, 0) is 6.54 Å². The van der Waals surface area contributed by atoms with Crippen molar-refractivity contribution in [2.24, 2.45) is 5.92 Å². The Morgan fingerprint density at radius 2 is 2.15 bits per heavy atom. The van der Waals surface area contributed by atoms with Crippen molar-refractivity contribution < 1.29 is 4.39 Å². The van der Waals surface area contributed by atoms with Gasteiger partial charge < -0.3 is 4.98 Å². The molecule has 4 rings (SSSR count). The van der Waals surface area contributed by atoms with E-state index in [1.165, 1.54) is 18.4 Å². The van der Waals surface area contributed by atoms with Crippen molar-refractivity contribution in [3.05, 3.63) is 65.9 Å². The third-order valence-electron chi connectivity index (χ3n) is 5.89. The fraction of sp³-hybridized carbons (Fsp3) is 0.409. The molecule has 136 valence electrons. The Morgan fingerprint density at radius 3 is 2.92 bits per heavy atom. The highest BCUT2D eigenvalue weighted by molar-refractivity contribution is 5.83. The molecule has 1 aliphatic heterocycles. The Bertz CT molecular complexity index is 873. The fourth-order valence-electron chi connectivity index (χ4n) is 4.59. The van der Waals surface area contributed by atoms with Crippen LogP contribution in [0.4, 0.5) is 4.39 Å². The molecule has 0 aliphatic carbocycles. The van der Waals surface area contributed by atoms with E-state index < -0.39 is 0 Å². The van der Waals surface area contributed by atoms with Gasteiger partial charge in [0.15, 0.2) is 0 Å². The quantitative estimate of drug-likeness (QED) is 0.693. The maximum absolute atomic E-state index is 13.5. The molecule has 1 saturated heterocycles. The minimum Gasteiger partial charge on any atom is -0.361 e. The number of aromatic nitrogens is 2. The van der Waals surface area contributed by atoms with Crippen LogP contribution in [0.3, 0.4) is 0 Å². The fourth-order valence-corrected chi connectivity index (χ4v) is 4.59. The van der Waals surface area contributed by atoms with E-state index >= 15 is 0 Å². The average Bonchev–Trinajstić information content (AvgIpc) is 3.18. The summed E-state index contributed by atoms with van der Waals surface area (Å²) in [6, 6.07) is 11.8. The molecule has 3 heterocycles. The van der Waals surface area contributed by atoms with Gasteiger partial charge in [-0.1, -0.05) is 26.3 Å². The molecule has 0 amide bonds. The van der Waals surface area contributed by atoms with Gasteiger partial charge >= 0.3 is 0 Å². The summed E-state index contributed by atoms with van der Waals surface area (Å²) >= 11 is 0. The molecule has 2 aromatic heterocycles. The lowest BCUT2D eigenvalue weighted by atomic mass is 9.85. The highest BCUT2D eigenvalue weighted by Crippen LogP contribution is 2.41. The van der Waals surface area contributed by atoms with Gasteiger partial charge in [0, 0.05) is 48.3 Å². The van der Waals surface area contributed by atoms with Gasteiger partial charge in [0.05, 0.1) is 5.69 Å². The van der Waals surface area contributed by atoms with Gasteiger partial charge in [-0.15, -0.1) is 0 Å². The highest BCUT2D eigenvalue weighted by Gasteiger charge is 2.39. The second kappa shape index (κ2) is 7.20. The largest absolute Gasteiger partial charge is 0.361 e. The number of fused-ring (bicyclic) bond motifs is 1. The first-order valence-corrected chi connectivity index (χ1v) is 9.58. The second-order valence-corrected chi connectivity index (χ2v) is 7.51. The van der Waals surface area contributed by atoms with E-state index in [1.807, 2.05) is 18.3 Å². The van der Waals surface area contributed by atoms with Gasteiger partial charge in [0.25, 0.3) is 0 Å². The van der Waals surface area contributed by atoms with Gasteiger partial charge in [-0.05, 0) is 48.2 Å². The molecule has 0 unspecified atom stereocenters. The number of halogens is 1. The van der Waals surface area contributed by atoms with E-state index in [0.29, 0.717) is 17.9 Å². The van der Waals surface area contributed by atoms with Gasteiger partial charge in [-0.25, -0.2) is 4.39 Å². The highest BCUT2D eigenvalue weighted by atomic mass is 19.1. The molecule has 0 bridgehead atoms.